The van der Waals surface area contributed by atoms with E-state index in [0.717, 1.165) is 38.9 Å². The van der Waals surface area contributed by atoms with E-state index in [-0.39, 0.29) is 36.6 Å². The first-order chi connectivity index (χ1) is 12.3. The van der Waals surface area contributed by atoms with Crippen LogP contribution in [0, 0.1) is 11.3 Å². The van der Waals surface area contributed by atoms with Gasteiger partial charge in [0.1, 0.15) is 0 Å². The van der Waals surface area contributed by atoms with Crippen LogP contribution in [-0.4, -0.2) is 37.0 Å². The van der Waals surface area contributed by atoms with Gasteiger partial charge in [0.05, 0.1) is 0 Å². The summed E-state index contributed by atoms with van der Waals surface area (Å²) in [5.74, 6) is 0.521. The first-order valence-electron chi connectivity index (χ1n) is 10.0. The topological polar surface area (TPSA) is 44.4 Å². The molecule has 4 rings (SSSR count). The minimum absolute atomic E-state index is 0. The molecule has 0 bridgehead atoms. The van der Waals surface area contributed by atoms with E-state index in [4.69, 9.17) is 0 Å². The van der Waals surface area contributed by atoms with Crippen molar-refractivity contribution in [2.45, 2.75) is 51.6 Å². The molecule has 3 aliphatic rings. The number of hydrogen-bond acceptors (Lipinski definition) is 3. The largest absolute Gasteiger partial charge is 0.352 e. The van der Waals surface area contributed by atoms with Crippen molar-refractivity contribution in [1.29, 1.82) is 0 Å². The van der Waals surface area contributed by atoms with Gasteiger partial charge in [-0.15, -0.1) is 24.8 Å². The van der Waals surface area contributed by atoms with Crippen molar-refractivity contribution in [2.75, 3.05) is 26.2 Å². The van der Waals surface area contributed by atoms with Gasteiger partial charge in [-0.05, 0) is 74.8 Å². The van der Waals surface area contributed by atoms with Crippen LogP contribution in [0.2, 0.25) is 0 Å². The molecule has 2 N–H and O–H groups in total. The fourth-order valence-corrected chi connectivity index (χ4v) is 4.65. The van der Waals surface area contributed by atoms with E-state index >= 15 is 0 Å². The average molecular weight is 414 g/mol. The number of likely N-dealkylation sites (tertiary alicyclic amines) is 1. The van der Waals surface area contributed by atoms with E-state index in [2.05, 4.69) is 39.8 Å². The number of benzene rings is 1. The Hall–Kier alpha value is -0.810. The third-order valence-corrected chi connectivity index (χ3v) is 6.45. The highest BCUT2D eigenvalue weighted by Crippen LogP contribution is 2.58. The van der Waals surface area contributed by atoms with Gasteiger partial charge in [0.15, 0.2) is 0 Å². The van der Waals surface area contributed by atoms with Gasteiger partial charge in [-0.25, -0.2) is 0 Å². The Kier molecular flexibility index (Phi) is 8.41. The Bertz CT molecular complexity index is 596. The van der Waals surface area contributed by atoms with Gasteiger partial charge in [-0.3, -0.25) is 9.69 Å². The molecule has 1 atom stereocenters. The Balaban J connectivity index is 0.00000131. The smallest absolute Gasteiger partial charge is 0.223 e. The zero-order valence-electron chi connectivity index (χ0n) is 16.0. The molecule has 1 unspecified atom stereocenters. The fraction of sp³-hybridized carbons (Fsp3) is 0.667. The first kappa shape index (κ1) is 22.5. The van der Waals surface area contributed by atoms with Crippen LogP contribution in [-0.2, 0) is 17.9 Å². The van der Waals surface area contributed by atoms with Gasteiger partial charge >= 0.3 is 0 Å². The molecule has 152 valence electrons. The van der Waals surface area contributed by atoms with Crippen LogP contribution >= 0.6 is 24.8 Å². The highest BCUT2D eigenvalue weighted by atomic mass is 35.5. The van der Waals surface area contributed by atoms with E-state index in [0.29, 0.717) is 12.0 Å². The maximum atomic E-state index is 12.4. The molecule has 2 saturated heterocycles. The second kappa shape index (κ2) is 10.1. The molecule has 1 spiro atoms. The lowest BCUT2D eigenvalue weighted by Gasteiger charge is -2.26. The van der Waals surface area contributed by atoms with Crippen molar-refractivity contribution in [1.82, 2.24) is 15.5 Å². The second-order valence-corrected chi connectivity index (χ2v) is 8.24. The van der Waals surface area contributed by atoms with Crippen molar-refractivity contribution in [3.8, 4) is 0 Å². The van der Waals surface area contributed by atoms with Crippen molar-refractivity contribution >= 4 is 30.7 Å². The standard InChI is InChI=1S/C21H31N3O.2ClH/c25-20(19-14-21(19)8-10-22-11-9-21)23-15-17-4-6-18(7-5-17)16-24-12-2-1-3-13-24;;/h4-7,19,22H,1-3,8-16H2,(H,23,25);2*1H. The molecule has 6 heteroatoms. The zero-order valence-corrected chi connectivity index (χ0v) is 17.7. The maximum Gasteiger partial charge on any atom is 0.223 e. The lowest BCUT2D eigenvalue weighted by Crippen LogP contribution is -2.33. The van der Waals surface area contributed by atoms with Crippen molar-refractivity contribution in [3.05, 3.63) is 35.4 Å². The van der Waals surface area contributed by atoms with Crippen LogP contribution in [0.1, 0.15) is 49.7 Å². The number of carbonyl (C=O) groups excluding carboxylic acids is 1. The number of nitrogens with one attached hydrogen (secondary N) is 2. The third-order valence-electron chi connectivity index (χ3n) is 6.45. The number of hydrogen-bond donors (Lipinski definition) is 2. The molecule has 1 aromatic carbocycles. The predicted molar refractivity (Wildman–Crippen MR) is 115 cm³/mol. The molecule has 27 heavy (non-hydrogen) atoms. The monoisotopic (exact) mass is 413 g/mol. The van der Waals surface area contributed by atoms with E-state index in [1.165, 1.54) is 43.5 Å². The first-order valence-corrected chi connectivity index (χ1v) is 10.0. The third kappa shape index (κ3) is 5.60. The molecule has 1 aromatic rings. The SMILES string of the molecule is Cl.Cl.O=C(NCc1ccc(CN2CCCCC2)cc1)C1CC12CCNCC2. The van der Waals surface area contributed by atoms with Crippen LogP contribution in [0.4, 0.5) is 0 Å². The normalized spacial score (nSPS) is 23.8. The van der Waals surface area contributed by atoms with Gasteiger partial charge in [0.25, 0.3) is 0 Å². The summed E-state index contributed by atoms with van der Waals surface area (Å²) >= 11 is 0. The number of halogens is 2. The van der Waals surface area contributed by atoms with Crippen molar-refractivity contribution in [3.63, 3.8) is 0 Å². The van der Waals surface area contributed by atoms with E-state index in [1.54, 1.807) is 0 Å². The minimum Gasteiger partial charge on any atom is -0.352 e. The summed E-state index contributed by atoms with van der Waals surface area (Å²) in [6.45, 7) is 6.33. The quantitative estimate of drug-likeness (QED) is 0.775. The molecule has 0 aromatic heterocycles. The van der Waals surface area contributed by atoms with Gasteiger partial charge < -0.3 is 10.6 Å². The Labute approximate surface area is 175 Å². The molecule has 1 saturated carbocycles. The highest BCUT2D eigenvalue weighted by molar-refractivity contribution is 5.85. The molecule has 2 heterocycles. The van der Waals surface area contributed by atoms with Gasteiger partial charge in [0, 0.05) is 19.0 Å². The number of carbonyl (C=O) groups is 1. The molecular weight excluding hydrogens is 381 g/mol. The Morgan fingerprint density at radius 1 is 1.04 bits per heavy atom. The molecule has 1 aliphatic carbocycles. The molecule has 2 aliphatic heterocycles. The number of rotatable bonds is 5. The minimum atomic E-state index is 0. The summed E-state index contributed by atoms with van der Waals surface area (Å²) < 4.78 is 0. The zero-order chi connectivity index (χ0) is 17.1. The van der Waals surface area contributed by atoms with Crippen molar-refractivity contribution < 1.29 is 4.79 Å². The molecule has 0 radical (unpaired) electrons. The van der Waals surface area contributed by atoms with E-state index < -0.39 is 0 Å². The van der Waals surface area contributed by atoms with E-state index in [9.17, 15) is 4.79 Å². The van der Waals surface area contributed by atoms with Crippen LogP contribution in [0.5, 0.6) is 0 Å². The molecule has 4 nitrogen and oxygen atoms in total. The predicted octanol–water partition coefficient (Wildman–Crippen LogP) is 3.52. The second-order valence-electron chi connectivity index (χ2n) is 8.24. The van der Waals surface area contributed by atoms with Crippen LogP contribution < -0.4 is 10.6 Å². The Morgan fingerprint density at radius 3 is 2.33 bits per heavy atom. The number of amides is 1. The molecule has 1 amide bonds. The van der Waals surface area contributed by atoms with Crippen LogP contribution in [0.3, 0.4) is 0 Å². The molecular formula is C21H33Cl2N3O. The number of nitrogens with zero attached hydrogens (tertiary/aromatic N) is 1. The summed E-state index contributed by atoms with van der Waals surface area (Å²) in [5, 5.41) is 6.56. The van der Waals surface area contributed by atoms with Crippen LogP contribution in [0.25, 0.3) is 0 Å². The van der Waals surface area contributed by atoms with Gasteiger partial charge in [-0.2, -0.15) is 0 Å². The lowest BCUT2D eigenvalue weighted by molar-refractivity contribution is -0.123. The summed E-state index contributed by atoms with van der Waals surface area (Å²) in [7, 11) is 0. The van der Waals surface area contributed by atoms with Crippen LogP contribution in [0.15, 0.2) is 24.3 Å². The Morgan fingerprint density at radius 2 is 1.67 bits per heavy atom. The summed E-state index contributed by atoms with van der Waals surface area (Å²) in [6.07, 6.45) is 7.47. The summed E-state index contributed by atoms with van der Waals surface area (Å²) in [4.78, 5) is 15.0. The number of piperidine rings is 2. The lowest BCUT2D eigenvalue weighted by atomic mass is 9.92. The fourth-order valence-electron chi connectivity index (χ4n) is 4.65. The summed E-state index contributed by atoms with van der Waals surface area (Å²) in [5.41, 5.74) is 2.91. The molecule has 3 fully saturated rings. The highest BCUT2D eigenvalue weighted by Gasteiger charge is 2.57. The van der Waals surface area contributed by atoms with E-state index in [1.807, 2.05) is 0 Å². The average Bonchev–Trinajstić information content (AvgIpc) is 3.35. The van der Waals surface area contributed by atoms with Gasteiger partial charge in [0.2, 0.25) is 5.91 Å². The van der Waals surface area contributed by atoms with Crippen molar-refractivity contribution in [2.24, 2.45) is 11.3 Å². The summed E-state index contributed by atoms with van der Waals surface area (Å²) in [6, 6.07) is 8.79. The van der Waals surface area contributed by atoms with Gasteiger partial charge in [-0.1, -0.05) is 30.7 Å². The maximum absolute atomic E-state index is 12.4.